The summed E-state index contributed by atoms with van der Waals surface area (Å²) in [6, 6.07) is 23.4. The van der Waals surface area contributed by atoms with Gasteiger partial charge in [-0.15, -0.1) is 5.10 Å². The molecule has 0 unspecified atom stereocenters. The van der Waals surface area contributed by atoms with E-state index in [1.54, 1.807) is 48.0 Å². The molecule has 0 aliphatic carbocycles. The van der Waals surface area contributed by atoms with Gasteiger partial charge in [0.25, 0.3) is 5.91 Å². The van der Waals surface area contributed by atoms with Crippen molar-refractivity contribution < 1.29 is 9.59 Å². The van der Waals surface area contributed by atoms with Crippen LogP contribution in [0.2, 0.25) is 0 Å². The molecular formula is C24H22N6O2. The molecule has 1 heterocycles. The van der Waals surface area contributed by atoms with E-state index >= 15 is 0 Å². The monoisotopic (exact) mass is 426 g/mol. The molecule has 4 rings (SSSR count). The average molecular weight is 426 g/mol. The van der Waals surface area contributed by atoms with Crippen molar-refractivity contribution >= 4 is 29.0 Å². The van der Waals surface area contributed by atoms with E-state index in [0.717, 1.165) is 11.3 Å². The van der Waals surface area contributed by atoms with Crippen molar-refractivity contribution in [3.05, 3.63) is 95.8 Å². The van der Waals surface area contributed by atoms with Crippen LogP contribution in [0, 0.1) is 13.8 Å². The van der Waals surface area contributed by atoms with Crippen molar-refractivity contribution in [2.24, 2.45) is 0 Å². The first-order valence-corrected chi connectivity index (χ1v) is 10.0. The Morgan fingerprint density at radius 3 is 2.16 bits per heavy atom. The molecule has 0 bridgehead atoms. The molecular weight excluding hydrogens is 404 g/mol. The van der Waals surface area contributed by atoms with Crippen LogP contribution in [0.1, 0.15) is 21.7 Å². The van der Waals surface area contributed by atoms with Crippen LogP contribution in [0.25, 0.3) is 5.69 Å². The van der Waals surface area contributed by atoms with Gasteiger partial charge < -0.3 is 16.0 Å². The fourth-order valence-electron chi connectivity index (χ4n) is 3.22. The minimum absolute atomic E-state index is 0.228. The fraction of sp³-hybridized carbons (Fsp3) is 0.0833. The summed E-state index contributed by atoms with van der Waals surface area (Å²) in [5.41, 5.74) is 4.53. The van der Waals surface area contributed by atoms with Gasteiger partial charge in [0, 0.05) is 17.1 Å². The predicted octanol–water partition coefficient (Wildman–Crippen LogP) is 4.78. The molecule has 0 atom stereocenters. The highest BCUT2D eigenvalue weighted by Gasteiger charge is 2.18. The third-order valence-electron chi connectivity index (χ3n) is 4.77. The van der Waals surface area contributed by atoms with Crippen LogP contribution in [0.3, 0.4) is 0 Å². The molecule has 8 heteroatoms. The van der Waals surface area contributed by atoms with Crippen molar-refractivity contribution in [1.29, 1.82) is 0 Å². The van der Waals surface area contributed by atoms with E-state index in [4.69, 9.17) is 0 Å². The van der Waals surface area contributed by atoms with Gasteiger partial charge in [-0.1, -0.05) is 41.6 Å². The summed E-state index contributed by atoms with van der Waals surface area (Å²) >= 11 is 0. The van der Waals surface area contributed by atoms with Gasteiger partial charge in [-0.05, 0) is 61.9 Å². The van der Waals surface area contributed by atoms with Crippen LogP contribution in [0.15, 0.2) is 78.9 Å². The number of amides is 3. The Hall–Kier alpha value is -4.46. The number of nitrogens with zero attached hydrogens (tertiary/aromatic N) is 3. The second-order valence-electron chi connectivity index (χ2n) is 7.25. The zero-order valence-corrected chi connectivity index (χ0v) is 17.7. The van der Waals surface area contributed by atoms with Gasteiger partial charge in [0.2, 0.25) is 0 Å². The molecule has 0 aliphatic heterocycles. The van der Waals surface area contributed by atoms with Gasteiger partial charge in [0.05, 0.1) is 11.4 Å². The summed E-state index contributed by atoms with van der Waals surface area (Å²) in [6.45, 7) is 3.79. The van der Waals surface area contributed by atoms with Crippen LogP contribution < -0.4 is 16.0 Å². The number of aromatic nitrogens is 3. The minimum Gasteiger partial charge on any atom is -0.320 e. The molecule has 0 saturated carbocycles. The SMILES string of the molecule is Cc1cccc(-n2nnc(C(=O)Nc3cccc(NC(=O)Nc4ccccc4)c3)c2C)c1. The minimum atomic E-state index is -0.382. The summed E-state index contributed by atoms with van der Waals surface area (Å²) in [7, 11) is 0. The number of hydrogen-bond acceptors (Lipinski definition) is 4. The normalized spacial score (nSPS) is 10.4. The first-order valence-electron chi connectivity index (χ1n) is 10.0. The zero-order valence-electron chi connectivity index (χ0n) is 17.7. The number of carbonyl (C=O) groups excluding carboxylic acids is 2. The van der Waals surface area contributed by atoms with E-state index in [9.17, 15) is 9.59 Å². The van der Waals surface area contributed by atoms with Crippen molar-refractivity contribution in [2.75, 3.05) is 16.0 Å². The lowest BCUT2D eigenvalue weighted by Gasteiger charge is -2.10. The van der Waals surface area contributed by atoms with E-state index < -0.39 is 0 Å². The Morgan fingerprint density at radius 2 is 1.41 bits per heavy atom. The molecule has 4 aromatic rings. The van der Waals surface area contributed by atoms with E-state index in [-0.39, 0.29) is 17.6 Å². The molecule has 0 fully saturated rings. The summed E-state index contributed by atoms with van der Waals surface area (Å²) in [6.07, 6.45) is 0. The second-order valence-corrected chi connectivity index (χ2v) is 7.25. The van der Waals surface area contributed by atoms with E-state index in [2.05, 4.69) is 26.3 Å². The fourth-order valence-corrected chi connectivity index (χ4v) is 3.22. The first kappa shape index (κ1) is 20.8. The molecule has 160 valence electrons. The number of rotatable bonds is 5. The summed E-state index contributed by atoms with van der Waals surface area (Å²) in [4.78, 5) is 25.0. The number of nitrogens with one attached hydrogen (secondary N) is 3. The molecule has 8 nitrogen and oxygen atoms in total. The maximum Gasteiger partial charge on any atom is 0.323 e. The van der Waals surface area contributed by atoms with Gasteiger partial charge in [-0.3, -0.25) is 4.79 Å². The molecule has 3 amide bonds. The number of para-hydroxylation sites is 1. The van der Waals surface area contributed by atoms with Crippen molar-refractivity contribution in [2.45, 2.75) is 13.8 Å². The smallest absolute Gasteiger partial charge is 0.320 e. The van der Waals surface area contributed by atoms with E-state index in [1.807, 2.05) is 49.4 Å². The van der Waals surface area contributed by atoms with Crippen LogP contribution in [0.4, 0.5) is 21.9 Å². The average Bonchev–Trinajstić information content (AvgIpc) is 3.16. The largest absolute Gasteiger partial charge is 0.323 e. The highest BCUT2D eigenvalue weighted by atomic mass is 16.2. The Bertz CT molecular complexity index is 1270. The van der Waals surface area contributed by atoms with E-state index in [1.165, 1.54) is 0 Å². The molecule has 0 saturated heterocycles. The number of aryl methyl sites for hydroxylation is 1. The quantitative estimate of drug-likeness (QED) is 0.427. The zero-order chi connectivity index (χ0) is 22.5. The van der Waals surface area contributed by atoms with Gasteiger partial charge in [-0.2, -0.15) is 0 Å². The van der Waals surface area contributed by atoms with Gasteiger partial charge in [0.1, 0.15) is 0 Å². The highest BCUT2D eigenvalue weighted by molar-refractivity contribution is 6.04. The summed E-state index contributed by atoms with van der Waals surface area (Å²) in [5.74, 6) is -0.382. The summed E-state index contributed by atoms with van der Waals surface area (Å²) in [5, 5.41) is 16.5. The van der Waals surface area contributed by atoms with Crippen molar-refractivity contribution in [3.8, 4) is 5.69 Å². The number of benzene rings is 3. The van der Waals surface area contributed by atoms with Crippen LogP contribution in [0.5, 0.6) is 0 Å². The first-order chi connectivity index (χ1) is 15.5. The molecule has 3 N–H and O–H groups in total. The summed E-state index contributed by atoms with van der Waals surface area (Å²) < 4.78 is 1.63. The van der Waals surface area contributed by atoms with Gasteiger partial charge in [0.15, 0.2) is 5.69 Å². The second kappa shape index (κ2) is 9.13. The molecule has 0 radical (unpaired) electrons. The van der Waals surface area contributed by atoms with E-state index in [0.29, 0.717) is 22.8 Å². The van der Waals surface area contributed by atoms with Crippen LogP contribution in [-0.4, -0.2) is 26.9 Å². The maximum atomic E-state index is 12.8. The standard InChI is InChI=1S/C24H22N6O2/c1-16-8-6-13-21(14-16)30-17(2)22(28-29-30)23(31)25-19-11-7-12-20(15-19)27-24(32)26-18-9-4-3-5-10-18/h3-15H,1-2H3,(H,25,31)(H2,26,27,32). The maximum absolute atomic E-state index is 12.8. The Labute approximate surface area is 185 Å². The third-order valence-corrected chi connectivity index (χ3v) is 4.77. The van der Waals surface area contributed by atoms with Crippen molar-refractivity contribution in [1.82, 2.24) is 15.0 Å². The molecule has 32 heavy (non-hydrogen) atoms. The predicted molar refractivity (Wildman–Crippen MR) is 124 cm³/mol. The van der Waals surface area contributed by atoms with Crippen molar-refractivity contribution in [3.63, 3.8) is 0 Å². The number of anilines is 3. The Kier molecular flexibility index (Phi) is 5.94. The number of carbonyl (C=O) groups is 2. The Balaban J connectivity index is 1.45. The van der Waals surface area contributed by atoms with Crippen LogP contribution >= 0.6 is 0 Å². The molecule has 1 aromatic heterocycles. The molecule has 0 aliphatic rings. The topological polar surface area (TPSA) is 101 Å². The van der Waals surface area contributed by atoms with Crippen LogP contribution in [-0.2, 0) is 0 Å². The molecule has 3 aromatic carbocycles. The highest BCUT2D eigenvalue weighted by Crippen LogP contribution is 2.18. The van der Waals surface area contributed by atoms with Gasteiger partial charge in [-0.25, -0.2) is 9.48 Å². The lowest BCUT2D eigenvalue weighted by atomic mass is 10.2. The molecule has 0 spiro atoms. The lowest BCUT2D eigenvalue weighted by molar-refractivity contribution is 0.102. The van der Waals surface area contributed by atoms with Gasteiger partial charge >= 0.3 is 6.03 Å². The third kappa shape index (κ3) is 4.81. The number of urea groups is 1. The Morgan fingerprint density at radius 1 is 0.750 bits per heavy atom. The number of hydrogen-bond donors (Lipinski definition) is 3. The lowest BCUT2D eigenvalue weighted by Crippen LogP contribution is -2.19.